The van der Waals surface area contributed by atoms with Gasteiger partial charge in [-0.2, -0.15) is 0 Å². The molecule has 0 aliphatic heterocycles. The topological polar surface area (TPSA) is 60.9 Å². The molecular weight excluding hydrogens is 318 g/mol. The lowest BCUT2D eigenvalue weighted by Crippen LogP contribution is -2.21. The zero-order valence-electron chi connectivity index (χ0n) is 13.7. The summed E-state index contributed by atoms with van der Waals surface area (Å²) in [5.74, 6) is 1.02. The van der Waals surface area contributed by atoms with E-state index in [0.29, 0.717) is 11.8 Å². The second-order valence-electron chi connectivity index (χ2n) is 6.42. The highest BCUT2D eigenvalue weighted by Crippen LogP contribution is 2.54. The largest absolute Gasteiger partial charge is 0.369 e. The molecule has 0 unspecified atom stereocenters. The summed E-state index contributed by atoms with van der Waals surface area (Å²) in [4.78, 5) is 18.9. The van der Waals surface area contributed by atoms with E-state index in [1.165, 1.54) is 25.4 Å². The summed E-state index contributed by atoms with van der Waals surface area (Å²) in [6, 6.07) is 14.7. The highest BCUT2D eigenvalue weighted by atomic mass is 32.1. The maximum Gasteiger partial charge on any atom is 0.254 e. The van der Waals surface area contributed by atoms with E-state index in [1.807, 2.05) is 11.3 Å². The Morgan fingerprint density at radius 1 is 1.17 bits per heavy atom. The van der Waals surface area contributed by atoms with Crippen molar-refractivity contribution in [1.82, 2.24) is 9.55 Å². The molecule has 1 aromatic carbocycles. The fraction of sp³-hybridized carbons (Fsp3) is 0.263. The minimum atomic E-state index is -0.0911. The molecule has 2 heterocycles. The van der Waals surface area contributed by atoms with Crippen LogP contribution in [0.2, 0.25) is 0 Å². The van der Waals surface area contributed by atoms with E-state index in [0.717, 1.165) is 12.1 Å². The average Bonchev–Trinajstić information content (AvgIpc) is 3.26. The van der Waals surface area contributed by atoms with Crippen LogP contribution >= 0.6 is 11.3 Å². The van der Waals surface area contributed by atoms with Crippen molar-refractivity contribution in [2.75, 3.05) is 5.73 Å². The van der Waals surface area contributed by atoms with Gasteiger partial charge in [0, 0.05) is 28.8 Å². The molecule has 2 aromatic heterocycles. The van der Waals surface area contributed by atoms with Gasteiger partial charge in [-0.05, 0) is 42.5 Å². The van der Waals surface area contributed by atoms with Gasteiger partial charge in [0.2, 0.25) is 5.95 Å². The average molecular weight is 337 g/mol. The Morgan fingerprint density at radius 3 is 2.54 bits per heavy atom. The van der Waals surface area contributed by atoms with Gasteiger partial charge in [0.05, 0.1) is 5.69 Å². The second-order valence-corrected chi connectivity index (χ2v) is 7.71. The summed E-state index contributed by atoms with van der Waals surface area (Å²) in [5.41, 5.74) is 9.10. The predicted molar refractivity (Wildman–Crippen MR) is 98.5 cm³/mol. The fourth-order valence-corrected chi connectivity index (χ4v) is 4.01. The first-order valence-electron chi connectivity index (χ1n) is 8.03. The van der Waals surface area contributed by atoms with Crippen molar-refractivity contribution >= 4 is 17.3 Å². The van der Waals surface area contributed by atoms with E-state index in [1.54, 1.807) is 13.1 Å². The molecule has 0 bridgehead atoms. The minimum absolute atomic E-state index is 0.0911. The molecule has 3 aromatic rings. The van der Waals surface area contributed by atoms with Crippen LogP contribution in [0.15, 0.2) is 47.3 Å². The second kappa shape index (κ2) is 5.60. The molecule has 1 fully saturated rings. The zero-order valence-corrected chi connectivity index (χ0v) is 14.5. The Kier molecular flexibility index (Phi) is 3.53. The van der Waals surface area contributed by atoms with Crippen LogP contribution in [0.1, 0.15) is 34.4 Å². The molecule has 1 aliphatic carbocycles. The van der Waals surface area contributed by atoms with E-state index < -0.39 is 0 Å². The molecule has 122 valence electrons. The Labute approximate surface area is 144 Å². The Bertz CT molecular complexity index is 955. The summed E-state index contributed by atoms with van der Waals surface area (Å²) >= 11 is 1.81. The smallest absolute Gasteiger partial charge is 0.254 e. The lowest BCUT2D eigenvalue weighted by molar-refractivity contribution is 0.813. The van der Waals surface area contributed by atoms with Gasteiger partial charge < -0.3 is 5.73 Å². The van der Waals surface area contributed by atoms with Crippen molar-refractivity contribution in [3.8, 4) is 10.4 Å². The first-order chi connectivity index (χ1) is 11.5. The molecule has 0 amide bonds. The van der Waals surface area contributed by atoms with Gasteiger partial charge in [-0.1, -0.05) is 24.3 Å². The number of thiophene rings is 1. The maximum atomic E-state index is 11.9. The summed E-state index contributed by atoms with van der Waals surface area (Å²) in [6.45, 7) is 2.13. The zero-order chi connectivity index (χ0) is 16.8. The maximum absolute atomic E-state index is 11.9. The third-order valence-corrected chi connectivity index (χ3v) is 5.77. The molecule has 24 heavy (non-hydrogen) atoms. The fourth-order valence-electron chi connectivity index (χ4n) is 3.14. The molecule has 4 nitrogen and oxygen atoms in total. The lowest BCUT2D eigenvalue weighted by Gasteiger charge is -2.06. The molecule has 0 radical (unpaired) electrons. The third kappa shape index (κ3) is 2.65. The van der Waals surface area contributed by atoms with Crippen molar-refractivity contribution in [2.45, 2.75) is 25.2 Å². The summed E-state index contributed by atoms with van der Waals surface area (Å²) in [5, 5.41) is 0. The molecule has 2 atom stereocenters. The number of nitrogen functional groups attached to an aromatic ring is 1. The van der Waals surface area contributed by atoms with E-state index in [9.17, 15) is 4.79 Å². The van der Waals surface area contributed by atoms with E-state index in [-0.39, 0.29) is 11.5 Å². The van der Waals surface area contributed by atoms with Crippen molar-refractivity contribution in [2.24, 2.45) is 7.05 Å². The Morgan fingerprint density at radius 2 is 1.92 bits per heavy atom. The first-order valence-corrected chi connectivity index (χ1v) is 8.85. The Balaban J connectivity index is 1.55. The molecule has 2 N–H and O–H groups in total. The van der Waals surface area contributed by atoms with Gasteiger partial charge in [0.1, 0.15) is 0 Å². The molecule has 0 saturated heterocycles. The molecular formula is C19H19N3OS. The molecule has 5 heteroatoms. The van der Waals surface area contributed by atoms with Crippen molar-refractivity contribution in [3.63, 3.8) is 0 Å². The first kappa shape index (κ1) is 15.1. The highest BCUT2D eigenvalue weighted by molar-refractivity contribution is 7.15. The quantitative estimate of drug-likeness (QED) is 0.793. The molecule has 4 rings (SSSR count). The summed E-state index contributed by atoms with van der Waals surface area (Å²) in [6.07, 6.45) is 1.02. The van der Waals surface area contributed by atoms with Crippen LogP contribution in [-0.2, 0) is 7.05 Å². The van der Waals surface area contributed by atoms with Crippen LogP contribution in [0.4, 0.5) is 5.95 Å². The van der Waals surface area contributed by atoms with E-state index in [4.69, 9.17) is 5.73 Å². The van der Waals surface area contributed by atoms with Crippen molar-refractivity contribution < 1.29 is 0 Å². The number of benzene rings is 1. The molecule has 1 saturated carbocycles. The highest BCUT2D eigenvalue weighted by Gasteiger charge is 2.41. The number of nitrogens with zero attached hydrogens (tertiary/aromatic N) is 2. The van der Waals surface area contributed by atoms with Crippen LogP contribution in [0, 0.1) is 6.92 Å². The van der Waals surface area contributed by atoms with Crippen LogP contribution < -0.4 is 11.3 Å². The van der Waals surface area contributed by atoms with E-state index in [2.05, 4.69) is 48.3 Å². The van der Waals surface area contributed by atoms with E-state index >= 15 is 0 Å². The standard InChI is InChI=1S/C19H19N3OS/c1-11-3-8-17(24-11)13-6-4-12(5-7-13)14-9-15(14)16-10-18(23)22(2)19(20)21-16/h3-8,10,14-15H,9H2,1-2H3,(H2,20,21)/t14-,15-/m0/s1. The SMILES string of the molecule is Cc1ccc(-c2ccc([C@@H]3C[C@@H]3c3cc(=O)n(C)c(N)n3)cc2)s1. The van der Waals surface area contributed by atoms with Crippen LogP contribution in [0.5, 0.6) is 0 Å². The number of anilines is 1. The molecule has 0 spiro atoms. The predicted octanol–water partition coefficient (Wildman–Crippen LogP) is 3.67. The summed E-state index contributed by atoms with van der Waals surface area (Å²) < 4.78 is 1.37. The Hall–Kier alpha value is -2.40. The van der Waals surface area contributed by atoms with Crippen molar-refractivity contribution in [3.05, 3.63) is 69.0 Å². The van der Waals surface area contributed by atoms with Crippen molar-refractivity contribution in [1.29, 1.82) is 0 Å². The van der Waals surface area contributed by atoms with Crippen LogP contribution in [0.3, 0.4) is 0 Å². The number of aromatic nitrogens is 2. The molecule has 1 aliphatic rings. The van der Waals surface area contributed by atoms with Gasteiger partial charge in [-0.15, -0.1) is 11.3 Å². The van der Waals surface area contributed by atoms with Gasteiger partial charge in [0.25, 0.3) is 5.56 Å². The van der Waals surface area contributed by atoms with Crippen LogP contribution in [-0.4, -0.2) is 9.55 Å². The van der Waals surface area contributed by atoms with Gasteiger partial charge in [-0.25, -0.2) is 4.98 Å². The van der Waals surface area contributed by atoms with Gasteiger partial charge in [-0.3, -0.25) is 9.36 Å². The monoisotopic (exact) mass is 337 g/mol. The van der Waals surface area contributed by atoms with Gasteiger partial charge in [0.15, 0.2) is 0 Å². The summed E-state index contributed by atoms with van der Waals surface area (Å²) in [7, 11) is 1.64. The normalized spacial score (nSPS) is 19.4. The van der Waals surface area contributed by atoms with Gasteiger partial charge >= 0.3 is 0 Å². The number of nitrogens with two attached hydrogens (primary N) is 1. The third-order valence-electron chi connectivity index (χ3n) is 4.72. The van der Waals surface area contributed by atoms with Crippen LogP contribution in [0.25, 0.3) is 10.4 Å². The number of hydrogen-bond donors (Lipinski definition) is 1. The number of hydrogen-bond acceptors (Lipinski definition) is 4. The minimum Gasteiger partial charge on any atom is -0.369 e. The lowest BCUT2D eigenvalue weighted by atomic mass is 10.0. The number of aryl methyl sites for hydroxylation is 1. The number of rotatable bonds is 3.